The Hall–Kier alpha value is -3.03. The highest BCUT2D eigenvalue weighted by molar-refractivity contribution is 7.10. The fraction of sp³-hybridized carbons (Fsp3) is 0.100. The van der Waals surface area contributed by atoms with Crippen LogP contribution in [-0.4, -0.2) is 25.3 Å². The molecule has 1 atom stereocenters. The minimum absolute atomic E-state index is 0.213. The number of carbonyl (C=O) groups excluding carboxylic acids is 1. The Labute approximate surface area is 170 Å². The lowest BCUT2D eigenvalue weighted by atomic mass is 10.2. The number of rotatable bonds is 5. The minimum atomic E-state index is -0.227. The number of hydrogen-bond donors (Lipinski definition) is 1. The first-order valence-electron chi connectivity index (χ1n) is 8.59. The second-order valence-electron chi connectivity index (χ2n) is 6.09. The van der Waals surface area contributed by atoms with Crippen molar-refractivity contribution in [1.82, 2.24) is 24.7 Å². The highest BCUT2D eigenvalue weighted by Gasteiger charge is 2.13. The highest BCUT2D eigenvalue weighted by atomic mass is 35.5. The summed E-state index contributed by atoms with van der Waals surface area (Å²) >= 11 is 7.70. The van der Waals surface area contributed by atoms with Crippen molar-refractivity contribution < 1.29 is 4.79 Å². The molecule has 0 fully saturated rings. The molecule has 1 amide bonds. The SMILES string of the molecule is CC(NC(=O)C=Cc1c(Cl)nc2ccccn12)c1nc(-c2ccncc2)cs1. The Morgan fingerprint density at radius 3 is 2.89 bits per heavy atom. The number of halogens is 1. The van der Waals surface area contributed by atoms with E-state index in [2.05, 4.69) is 20.3 Å². The van der Waals surface area contributed by atoms with Gasteiger partial charge in [-0.25, -0.2) is 9.97 Å². The molecule has 6 nitrogen and oxygen atoms in total. The largest absolute Gasteiger partial charge is 0.344 e. The lowest BCUT2D eigenvalue weighted by Gasteiger charge is -2.09. The van der Waals surface area contributed by atoms with Crippen LogP contribution in [0.25, 0.3) is 23.0 Å². The molecule has 28 heavy (non-hydrogen) atoms. The maximum atomic E-state index is 12.3. The van der Waals surface area contributed by atoms with Crippen molar-refractivity contribution in [3.05, 3.63) is 76.2 Å². The van der Waals surface area contributed by atoms with Gasteiger partial charge in [0.1, 0.15) is 10.7 Å². The molecule has 0 spiro atoms. The van der Waals surface area contributed by atoms with Gasteiger partial charge in [0.2, 0.25) is 5.91 Å². The Morgan fingerprint density at radius 1 is 1.25 bits per heavy atom. The van der Waals surface area contributed by atoms with Crippen LogP contribution in [0.4, 0.5) is 0 Å². The third-order valence-corrected chi connectivity index (χ3v) is 5.45. The van der Waals surface area contributed by atoms with Crippen LogP contribution in [0.5, 0.6) is 0 Å². The van der Waals surface area contributed by atoms with Gasteiger partial charge in [0, 0.05) is 35.6 Å². The van der Waals surface area contributed by atoms with E-state index in [9.17, 15) is 4.79 Å². The fourth-order valence-corrected chi connectivity index (χ4v) is 3.83. The molecule has 0 bridgehead atoms. The smallest absolute Gasteiger partial charge is 0.244 e. The number of imidazole rings is 1. The standard InChI is InChI=1S/C20H16ClN5OS/c1-13(20-24-15(12-28-20)14-7-9-22-10-8-14)23-18(27)6-5-16-19(21)25-17-4-2-3-11-26(16)17/h2-13H,1H3,(H,23,27). The van der Waals surface area contributed by atoms with Gasteiger partial charge in [-0.1, -0.05) is 17.7 Å². The zero-order valence-corrected chi connectivity index (χ0v) is 16.5. The molecule has 0 aliphatic carbocycles. The summed E-state index contributed by atoms with van der Waals surface area (Å²) in [6.45, 7) is 1.90. The van der Waals surface area contributed by atoms with Gasteiger partial charge in [-0.2, -0.15) is 0 Å². The molecule has 0 aliphatic rings. The molecule has 0 radical (unpaired) electrons. The molecule has 0 aliphatic heterocycles. The van der Waals surface area contributed by atoms with Gasteiger partial charge in [-0.05, 0) is 37.3 Å². The quantitative estimate of drug-likeness (QED) is 0.496. The number of amides is 1. The van der Waals surface area contributed by atoms with Crippen molar-refractivity contribution in [3.63, 3.8) is 0 Å². The van der Waals surface area contributed by atoms with Gasteiger partial charge >= 0.3 is 0 Å². The first-order valence-corrected chi connectivity index (χ1v) is 9.84. The molecule has 140 valence electrons. The number of pyridine rings is 2. The summed E-state index contributed by atoms with van der Waals surface area (Å²) in [6.07, 6.45) is 8.43. The third-order valence-electron chi connectivity index (χ3n) is 4.14. The van der Waals surface area contributed by atoms with Crippen molar-refractivity contribution in [2.75, 3.05) is 0 Å². The zero-order chi connectivity index (χ0) is 19.5. The maximum absolute atomic E-state index is 12.3. The Bertz CT molecular complexity index is 1150. The molecule has 4 aromatic rings. The number of nitrogens with one attached hydrogen (secondary N) is 1. The van der Waals surface area contributed by atoms with Crippen LogP contribution in [-0.2, 0) is 4.79 Å². The van der Waals surface area contributed by atoms with Gasteiger partial charge < -0.3 is 5.32 Å². The Balaban J connectivity index is 1.45. The van der Waals surface area contributed by atoms with Crippen LogP contribution in [0.2, 0.25) is 5.15 Å². The van der Waals surface area contributed by atoms with Crippen LogP contribution < -0.4 is 5.32 Å². The summed E-state index contributed by atoms with van der Waals surface area (Å²) in [7, 11) is 0. The van der Waals surface area contributed by atoms with Crippen molar-refractivity contribution in [3.8, 4) is 11.3 Å². The first-order chi connectivity index (χ1) is 13.6. The number of nitrogens with zero attached hydrogens (tertiary/aromatic N) is 4. The number of fused-ring (bicyclic) bond motifs is 1. The predicted octanol–water partition coefficient (Wildman–Crippen LogP) is 4.40. The van der Waals surface area contributed by atoms with E-state index in [-0.39, 0.29) is 11.9 Å². The van der Waals surface area contributed by atoms with Crippen LogP contribution in [0.15, 0.2) is 60.4 Å². The van der Waals surface area contributed by atoms with E-state index in [1.807, 2.05) is 53.2 Å². The monoisotopic (exact) mass is 409 g/mol. The van der Waals surface area contributed by atoms with Crippen molar-refractivity contribution in [2.24, 2.45) is 0 Å². The Morgan fingerprint density at radius 2 is 2.07 bits per heavy atom. The van der Waals surface area contributed by atoms with Gasteiger partial charge in [-0.3, -0.25) is 14.2 Å². The lowest BCUT2D eigenvalue weighted by molar-refractivity contribution is -0.117. The second-order valence-corrected chi connectivity index (χ2v) is 7.33. The average Bonchev–Trinajstić information content (AvgIpc) is 3.31. The molecular weight excluding hydrogens is 394 g/mol. The minimum Gasteiger partial charge on any atom is -0.344 e. The summed E-state index contributed by atoms with van der Waals surface area (Å²) in [5.74, 6) is -0.227. The van der Waals surface area contributed by atoms with E-state index in [1.54, 1.807) is 18.5 Å². The summed E-state index contributed by atoms with van der Waals surface area (Å²) in [5, 5.41) is 6.09. The molecule has 4 rings (SSSR count). The van der Waals surface area contributed by atoms with Crippen LogP contribution in [0.1, 0.15) is 23.7 Å². The highest BCUT2D eigenvalue weighted by Crippen LogP contribution is 2.25. The van der Waals surface area contributed by atoms with Gasteiger partial charge in [0.05, 0.1) is 17.4 Å². The third kappa shape index (κ3) is 3.81. The van der Waals surface area contributed by atoms with Gasteiger partial charge in [0.25, 0.3) is 0 Å². The van der Waals surface area contributed by atoms with Gasteiger partial charge in [-0.15, -0.1) is 11.3 Å². The van der Waals surface area contributed by atoms with Crippen LogP contribution in [0, 0.1) is 0 Å². The van der Waals surface area contributed by atoms with Crippen LogP contribution in [0.3, 0.4) is 0 Å². The number of hydrogen-bond acceptors (Lipinski definition) is 5. The molecule has 4 aromatic heterocycles. The van der Waals surface area contributed by atoms with Crippen LogP contribution >= 0.6 is 22.9 Å². The van der Waals surface area contributed by atoms with E-state index in [1.165, 1.54) is 17.4 Å². The number of carbonyl (C=O) groups is 1. The molecule has 8 heteroatoms. The molecule has 1 unspecified atom stereocenters. The van der Waals surface area contributed by atoms with Crippen molar-refractivity contribution in [1.29, 1.82) is 0 Å². The summed E-state index contributed by atoms with van der Waals surface area (Å²) in [6, 6.07) is 9.22. The van der Waals surface area contributed by atoms with E-state index >= 15 is 0 Å². The Kier molecular flexibility index (Phi) is 5.18. The molecular formula is C20H16ClN5OS. The molecule has 0 saturated carbocycles. The molecule has 1 N–H and O–H groups in total. The topological polar surface area (TPSA) is 72.2 Å². The summed E-state index contributed by atoms with van der Waals surface area (Å²) in [4.78, 5) is 25.2. The van der Waals surface area contributed by atoms with E-state index in [4.69, 9.17) is 11.6 Å². The summed E-state index contributed by atoms with van der Waals surface area (Å²) < 4.78 is 1.83. The lowest BCUT2D eigenvalue weighted by Crippen LogP contribution is -2.24. The number of thiazole rings is 1. The van der Waals surface area contributed by atoms with Crippen molar-refractivity contribution >= 4 is 40.6 Å². The van der Waals surface area contributed by atoms with E-state index < -0.39 is 0 Å². The van der Waals surface area contributed by atoms with Gasteiger partial charge in [0.15, 0.2) is 5.15 Å². The first kappa shape index (κ1) is 18.3. The predicted molar refractivity (Wildman–Crippen MR) is 111 cm³/mol. The van der Waals surface area contributed by atoms with Crippen molar-refractivity contribution in [2.45, 2.75) is 13.0 Å². The number of aromatic nitrogens is 4. The fourth-order valence-electron chi connectivity index (χ4n) is 2.75. The van der Waals surface area contributed by atoms with E-state index in [0.29, 0.717) is 10.8 Å². The second kappa shape index (κ2) is 7.92. The normalized spacial score (nSPS) is 12.5. The zero-order valence-electron chi connectivity index (χ0n) is 14.9. The average molecular weight is 410 g/mol. The molecule has 0 aromatic carbocycles. The summed E-state index contributed by atoms with van der Waals surface area (Å²) in [5.41, 5.74) is 3.26. The van der Waals surface area contributed by atoms with E-state index in [0.717, 1.165) is 21.9 Å². The maximum Gasteiger partial charge on any atom is 0.244 e. The molecule has 0 saturated heterocycles. The molecule has 4 heterocycles.